The Labute approximate surface area is 118 Å². The molecule has 2 N–H and O–H groups in total. The lowest BCUT2D eigenvalue weighted by Gasteiger charge is -2.23. The topological polar surface area (TPSA) is 24.1 Å². The minimum Gasteiger partial charge on any atom is -0.382 e. The van der Waals surface area contributed by atoms with E-state index in [0.29, 0.717) is 12.1 Å². The lowest BCUT2D eigenvalue weighted by molar-refractivity contribution is 0.456. The highest BCUT2D eigenvalue weighted by Gasteiger charge is 2.15. The van der Waals surface area contributed by atoms with Crippen LogP contribution in [-0.2, 0) is 0 Å². The number of nitrogens with one attached hydrogen (secondary N) is 2. The van der Waals surface area contributed by atoms with E-state index in [-0.39, 0.29) is 0 Å². The number of rotatable bonds is 4. The van der Waals surface area contributed by atoms with Gasteiger partial charge in [0.1, 0.15) is 0 Å². The molecule has 0 bridgehead atoms. The van der Waals surface area contributed by atoms with Crippen LogP contribution in [0.15, 0.2) is 18.2 Å². The third-order valence-electron chi connectivity index (χ3n) is 4.10. The Balaban J connectivity index is 1.89. The van der Waals surface area contributed by atoms with Crippen LogP contribution in [0.5, 0.6) is 0 Å². The van der Waals surface area contributed by atoms with E-state index in [0.717, 1.165) is 0 Å². The van der Waals surface area contributed by atoms with Gasteiger partial charge in [0.15, 0.2) is 0 Å². The lowest BCUT2D eigenvalue weighted by atomic mass is 10.0. The minimum atomic E-state index is 0.524. The van der Waals surface area contributed by atoms with E-state index in [1.807, 2.05) is 0 Å². The van der Waals surface area contributed by atoms with Crippen molar-refractivity contribution in [2.45, 2.75) is 65.0 Å². The third-order valence-corrected chi connectivity index (χ3v) is 4.10. The standard InChI is InChI=1S/C17H28N2/c1-13-8-9-14(2)17(11-13)19-15(3)12-16-7-5-4-6-10-18-16/h8-9,11,15-16,18-19H,4-7,10,12H2,1-3H3. The van der Waals surface area contributed by atoms with Gasteiger partial charge < -0.3 is 10.6 Å². The van der Waals surface area contributed by atoms with Gasteiger partial charge in [-0.05, 0) is 63.8 Å². The summed E-state index contributed by atoms with van der Waals surface area (Å²) < 4.78 is 0. The lowest BCUT2D eigenvalue weighted by Crippen LogP contribution is -2.33. The molecule has 2 heteroatoms. The number of benzene rings is 1. The molecule has 1 aliphatic heterocycles. The molecular formula is C17H28N2. The quantitative estimate of drug-likeness (QED) is 0.854. The smallest absolute Gasteiger partial charge is 0.0374 e. The van der Waals surface area contributed by atoms with Crippen molar-refractivity contribution in [3.63, 3.8) is 0 Å². The van der Waals surface area contributed by atoms with Gasteiger partial charge in [-0.15, -0.1) is 0 Å². The van der Waals surface area contributed by atoms with E-state index in [1.165, 1.54) is 55.5 Å². The van der Waals surface area contributed by atoms with Crippen LogP contribution in [-0.4, -0.2) is 18.6 Å². The fourth-order valence-corrected chi connectivity index (χ4v) is 2.94. The molecule has 0 saturated carbocycles. The van der Waals surface area contributed by atoms with E-state index in [1.54, 1.807) is 0 Å². The molecule has 0 aliphatic carbocycles. The van der Waals surface area contributed by atoms with Crippen molar-refractivity contribution >= 4 is 5.69 Å². The van der Waals surface area contributed by atoms with Crippen molar-refractivity contribution in [1.82, 2.24) is 5.32 Å². The minimum absolute atomic E-state index is 0.524. The number of hydrogen-bond acceptors (Lipinski definition) is 2. The van der Waals surface area contributed by atoms with E-state index in [9.17, 15) is 0 Å². The highest BCUT2D eigenvalue weighted by Crippen LogP contribution is 2.20. The molecule has 2 nitrogen and oxygen atoms in total. The van der Waals surface area contributed by atoms with Crippen LogP contribution in [0.3, 0.4) is 0 Å². The van der Waals surface area contributed by atoms with Crippen LogP contribution >= 0.6 is 0 Å². The Hall–Kier alpha value is -1.02. The number of anilines is 1. The van der Waals surface area contributed by atoms with Gasteiger partial charge in [0.25, 0.3) is 0 Å². The van der Waals surface area contributed by atoms with Crippen molar-refractivity contribution in [3.8, 4) is 0 Å². The maximum absolute atomic E-state index is 3.68. The summed E-state index contributed by atoms with van der Waals surface area (Å²) in [5.74, 6) is 0. The number of aryl methyl sites for hydroxylation is 2. The summed E-state index contributed by atoms with van der Waals surface area (Å²) in [5, 5.41) is 7.36. The van der Waals surface area contributed by atoms with Crippen molar-refractivity contribution in [2.75, 3.05) is 11.9 Å². The normalized spacial score (nSPS) is 21.7. The average molecular weight is 260 g/mol. The van der Waals surface area contributed by atoms with Crippen LogP contribution in [0, 0.1) is 13.8 Å². The van der Waals surface area contributed by atoms with Crippen LogP contribution < -0.4 is 10.6 Å². The van der Waals surface area contributed by atoms with Gasteiger partial charge in [-0.3, -0.25) is 0 Å². The highest BCUT2D eigenvalue weighted by molar-refractivity contribution is 5.53. The molecule has 2 atom stereocenters. The second kappa shape index (κ2) is 6.95. The molecule has 1 aromatic carbocycles. The fourth-order valence-electron chi connectivity index (χ4n) is 2.94. The largest absolute Gasteiger partial charge is 0.382 e. The molecule has 0 radical (unpaired) electrons. The fraction of sp³-hybridized carbons (Fsp3) is 0.647. The molecule has 106 valence electrons. The summed E-state index contributed by atoms with van der Waals surface area (Å²) >= 11 is 0. The summed E-state index contributed by atoms with van der Waals surface area (Å²) in [4.78, 5) is 0. The van der Waals surface area contributed by atoms with Gasteiger partial charge in [-0.25, -0.2) is 0 Å². The van der Waals surface area contributed by atoms with Crippen LogP contribution in [0.4, 0.5) is 5.69 Å². The van der Waals surface area contributed by atoms with Gasteiger partial charge in [0.05, 0.1) is 0 Å². The summed E-state index contributed by atoms with van der Waals surface area (Å²) in [6.07, 6.45) is 6.66. The van der Waals surface area contributed by atoms with Gasteiger partial charge in [-0.2, -0.15) is 0 Å². The van der Waals surface area contributed by atoms with Crippen molar-refractivity contribution in [1.29, 1.82) is 0 Å². The summed E-state index contributed by atoms with van der Waals surface area (Å²) in [6.45, 7) is 7.83. The van der Waals surface area contributed by atoms with Crippen LogP contribution in [0.2, 0.25) is 0 Å². The first-order valence-electron chi connectivity index (χ1n) is 7.72. The van der Waals surface area contributed by atoms with Gasteiger partial charge >= 0.3 is 0 Å². The summed E-state index contributed by atoms with van der Waals surface area (Å²) in [6, 6.07) is 7.85. The maximum Gasteiger partial charge on any atom is 0.0374 e. The van der Waals surface area contributed by atoms with Crippen LogP contribution in [0.1, 0.15) is 50.2 Å². The monoisotopic (exact) mass is 260 g/mol. The Morgan fingerprint density at radius 3 is 2.95 bits per heavy atom. The molecule has 0 spiro atoms. The molecule has 2 rings (SSSR count). The molecule has 0 amide bonds. The summed E-state index contributed by atoms with van der Waals surface area (Å²) in [5.41, 5.74) is 3.96. The van der Waals surface area contributed by atoms with E-state index >= 15 is 0 Å². The zero-order valence-corrected chi connectivity index (χ0v) is 12.6. The zero-order valence-electron chi connectivity index (χ0n) is 12.6. The molecule has 1 saturated heterocycles. The molecule has 1 aromatic rings. The molecule has 0 aromatic heterocycles. The van der Waals surface area contributed by atoms with E-state index < -0.39 is 0 Å². The molecule has 2 unspecified atom stereocenters. The summed E-state index contributed by atoms with van der Waals surface area (Å²) in [7, 11) is 0. The Bertz CT molecular complexity index is 392. The number of hydrogen-bond donors (Lipinski definition) is 2. The SMILES string of the molecule is Cc1ccc(C)c(NC(C)CC2CCCCCN2)c1. The molecule has 19 heavy (non-hydrogen) atoms. The second-order valence-corrected chi connectivity index (χ2v) is 6.10. The van der Waals surface area contributed by atoms with Crippen molar-refractivity contribution in [3.05, 3.63) is 29.3 Å². The Kier molecular flexibility index (Phi) is 5.26. The zero-order chi connectivity index (χ0) is 13.7. The van der Waals surface area contributed by atoms with Crippen molar-refractivity contribution in [2.24, 2.45) is 0 Å². The first-order valence-corrected chi connectivity index (χ1v) is 7.72. The average Bonchev–Trinajstić information content (AvgIpc) is 2.62. The van der Waals surface area contributed by atoms with Crippen LogP contribution in [0.25, 0.3) is 0 Å². The van der Waals surface area contributed by atoms with Gasteiger partial charge in [-0.1, -0.05) is 25.0 Å². The second-order valence-electron chi connectivity index (χ2n) is 6.10. The third kappa shape index (κ3) is 4.54. The molecule has 1 heterocycles. The molecular weight excluding hydrogens is 232 g/mol. The van der Waals surface area contributed by atoms with E-state index in [2.05, 4.69) is 49.6 Å². The Morgan fingerprint density at radius 2 is 2.11 bits per heavy atom. The van der Waals surface area contributed by atoms with Gasteiger partial charge in [0.2, 0.25) is 0 Å². The van der Waals surface area contributed by atoms with E-state index in [4.69, 9.17) is 0 Å². The highest BCUT2D eigenvalue weighted by atomic mass is 15.0. The molecule has 1 aliphatic rings. The van der Waals surface area contributed by atoms with Gasteiger partial charge in [0, 0.05) is 17.8 Å². The Morgan fingerprint density at radius 1 is 1.26 bits per heavy atom. The van der Waals surface area contributed by atoms with Crippen molar-refractivity contribution < 1.29 is 0 Å². The molecule has 1 fully saturated rings. The predicted octanol–water partition coefficient (Wildman–Crippen LogP) is 4.03. The maximum atomic E-state index is 3.68. The predicted molar refractivity (Wildman–Crippen MR) is 83.9 cm³/mol. The first kappa shape index (κ1) is 14.4. The first-order chi connectivity index (χ1) is 9.15.